The van der Waals surface area contributed by atoms with E-state index in [1.807, 2.05) is 0 Å². The van der Waals surface area contributed by atoms with Crippen LogP contribution in [0.5, 0.6) is 0 Å². The third-order valence-corrected chi connectivity index (χ3v) is 1.24. The van der Waals surface area contributed by atoms with Crippen LogP contribution in [0.3, 0.4) is 0 Å². The summed E-state index contributed by atoms with van der Waals surface area (Å²) in [7, 11) is 0. The predicted molar refractivity (Wildman–Crippen MR) is 43.9 cm³/mol. The number of halogens is 2. The van der Waals surface area contributed by atoms with E-state index in [9.17, 15) is 0 Å². The van der Waals surface area contributed by atoms with Crippen molar-refractivity contribution in [2.24, 2.45) is 0 Å². The first-order valence-electron chi connectivity index (χ1n) is 3.17. The maximum Gasteiger partial charge on any atom is 0.308 e. The minimum atomic E-state index is 0. The Kier molecular flexibility index (Phi) is 8.29. The molecule has 0 saturated heterocycles. The van der Waals surface area contributed by atoms with E-state index in [0.29, 0.717) is 11.4 Å². The van der Waals surface area contributed by atoms with E-state index < -0.39 is 0 Å². The van der Waals surface area contributed by atoms with E-state index in [-0.39, 0.29) is 24.8 Å². The van der Waals surface area contributed by atoms with Gasteiger partial charge in [0.1, 0.15) is 11.4 Å². The molecule has 0 fully saturated rings. The van der Waals surface area contributed by atoms with Gasteiger partial charge < -0.3 is 24.8 Å². The molecule has 0 aromatic heterocycles. The van der Waals surface area contributed by atoms with Crippen LogP contribution in [0.2, 0.25) is 0 Å². The third-order valence-electron chi connectivity index (χ3n) is 1.24. The maximum atomic E-state index is 8.13. The van der Waals surface area contributed by atoms with Crippen LogP contribution in [0, 0.1) is 10.8 Å². The highest BCUT2D eigenvalue weighted by atomic mass is 35.5. The topological polar surface area (TPSA) is 80.4 Å². The Hall–Kier alpha value is -1.76. The molecule has 0 aliphatic carbocycles. The molecule has 0 bridgehead atoms. The molecule has 2 N–H and O–H groups in total. The zero-order chi connectivity index (χ0) is 8.81. The highest BCUT2D eigenvalue weighted by Gasteiger charge is 1.99. The molecule has 1 rings (SSSR count). The highest BCUT2D eigenvalue weighted by molar-refractivity contribution is 5.54. The largest absolute Gasteiger partial charge is 1.00 e. The third kappa shape index (κ3) is 4.31. The monoisotopic (exact) mass is 232 g/mol. The summed E-state index contributed by atoms with van der Waals surface area (Å²) in [5.41, 5.74) is 5.95. The number of nitrogens with one attached hydrogen (secondary N) is 2. The van der Waals surface area contributed by atoms with Crippen molar-refractivity contribution < 1.29 is 24.8 Å². The lowest BCUT2D eigenvalue weighted by Gasteiger charge is -1.89. The van der Waals surface area contributed by atoms with Crippen LogP contribution in [0.4, 0.5) is 11.4 Å². The van der Waals surface area contributed by atoms with Gasteiger partial charge in [0, 0.05) is 0 Å². The summed E-state index contributed by atoms with van der Waals surface area (Å²) in [5.74, 6) is 0. The van der Waals surface area contributed by atoms with Crippen molar-refractivity contribution in [3.63, 3.8) is 0 Å². The molecule has 0 amide bonds. The molecule has 0 aliphatic heterocycles. The molecule has 8 heteroatoms. The van der Waals surface area contributed by atoms with Crippen LogP contribution in [-0.4, -0.2) is 0 Å². The Morgan fingerprint density at radius 1 is 0.786 bits per heavy atom. The quantitative estimate of drug-likeness (QED) is 0.403. The van der Waals surface area contributed by atoms with Crippen molar-refractivity contribution >= 4 is 11.4 Å². The van der Waals surface area contributed by atoms with Gasteiger partial charge in [-0.15, -0.1) is 0 Å². The summed E-state index contributed by atoms with van der Waals surface area (Å²) in [4.78, 5) is 0. The molecule has 0 saturated carbocycles. The fourth-order valence-corrected chi connectivity index (χ4v) is 0.735. The minimum Gasteiger partial charge on any atom is -1.00 e. The Labute approximate surface area is 92.7 Å². The summed E-state index contributed by atoms with van der Waals surface area (Å²) in [5, 5.41) is 21.7. The first kappa shape index (κ1) is 14.7. The maximum absolute atomic E-state index is 8.13. The van der Waals surface area contributed by atoms with E-state index in [2.05, 4.69) is 21.0 Å². The summed E-state index contributed by atoms with van der Waals surface area (Å²) in [6, 6.07) is 6.64. The number of benzene rings is 1. The molecule has 0 radical (unpaired) electrons. The van der Waals surface area contributed by atoms with Crippen LogP contribution in [0.1, 0.15) is 0 Å². The summed E-state index contributed by atoms with van der Waals surface area (Å²) < 4.78 is 0. The Morgan fingerprint density at radius 2 is 1.07 bits per heavy atom. The van der Waals surface area contributed by atoms with E-state index in [1.54, 1.807) is 24.3 Å². The van der Waals surface area contributed by atoms with Crippen LogP contribution >= 0.6 is 0 Å². The molecule has 0 spiro atoms. The molecule has 6 nitrogen and oxygen atoms in total. The van der Waals surface area contributed by atoms with Crippen LogP contribution < -0.4 is 35.7 Å². The molecule has 14 heavy (non-hydrogen) atoms. The zero-order valence-electron chi connectivity index (χ0n) is 6.85. The van der Waals surface area contributed by atoms with E-state index in [4.69, 9.17) is 10.8 Å². The second-order valence-corrected chi connectivity index (χ2v) is 2.00. The van der Waals surface area contributed by atoms with Gasteiger partial charge in [0.15, 0.2) is 0 Å². The van der Waals surface area contributed by atoms with Crippen LogP contribution in [-0.2, 0) is 0 Å². The summed E-state index contributed by atoms with van der Waals surface area (Å²) in [6.07, 6.45) is 0. The molecular formula is C6H6Cl2N6. The van der Waals surface area contributed by atoms with Gasteiger partial charge in [-0.2, -0.15) is 0 Å². The minimum absolute atomic E-state index is 0. The molecule has 1 aromatic carbocycles. The SMILES string of the molecule is N#[N+]Nc1ccc(N[N+]#N)cc1.[Cl-].[Cl-]. The first-order valence-corrected chi connectivity index (χ1v) is 3.17. The van der Waals surface area contributed by atoms with Gasteiger partial charge >= 0.3 is 10.2 Å². The second kappa shape index (κ2) is 7.87. The predicted octanol–water partition coefficient (Wildman–Crippen LogP) is -3.95. The summed E-state index contributed by atoms with van der Waals surface area (Å²) in [6.45, 7) is 0. The van der Waals surface area contributed by atoms with Crippen LogP contribution in [0.15, 0.2) is 24.3 Å². The van der Waals surface area contributed by atoms with E-state index >= 15 is 0 Å². The Balaban J connectivity index is 0. The van der Waals surface area contributed by atoms with Gasteiger partial charge in [0.05, 0.1) is 0 Å². The van der Waals surface area contributed by atoms with Crippen LogP contribution in [0.25, 0.3) is 10.2 Å². The molecule has 1 aromatic rings. The van der Waals surface area contributed by atoms with Crippen molar-refractivity contribution in [2.45, 2.75) is 0 Å². The van der Waals surface area contributed by atoms with Crippen molar-refractivity contribution in [3.05, 3.63) is 34.4 Å². The van der Waals surface area contributed by atoms with Crippen molar-refractivity contribution in [1.82, 2.24) is 0 Å². The van der Waals surface area contributed by atoms with Gasteiger partial charge in [-0.25, -0.2) is 0 Å². The average Bonchev–Trinajstić information content (AvgIpc) is 2.09. The lowest BCUT2D eigenvalue weighted by molar-refractivity contribution is -0.001000. The van der Waals surface area contributed by atoms with E-state index in [0.717, 1.165) is 0 Å². The fraction of sp³-hybridized carbons (Fsp3) is 0. The smallest absolute Gasteiger partial charge is 0.308 e. The first-order chi connectivity index (χ1) is 5.86. The molecule has 0 atom stereocenters. The van der Waals surface area contributed by atoms with Crippen molar-refractivity contribution in [1.29, 1.82) is 10.8 Å². The summed E-state index contributed by atoms with van der Waals surface area (Å²) >= 11 is 0. The van der Waals surface area contributed by atoms with E-state index in [1.165, 1.54) is 0 Å². The number of rotatable bonds is 2. The normalized spacial score (nSPS) is 6.71. The van der Waals surface area contributed by atoms with Gasteiger partial charge in [-0.05, 0) is 35.1 Å². The number of hydrogen-bond donors (Lipinski definition) is 2. The molecule has 0 aliphatic rings. The average molecular weight is 233 g/mol. The Bertz CT molecular complexity index is 302. The number of diazo groups is 2. The molecule has 0 unspecified atom stereocenters. The van der Waals surface area contributed by atoms with Crippen molar-refractivity contribution in [3.8, 4) is 0 Å². The fourth-order valence-electron chi connectivity index (χ4n) is 0.735. The van der Waals surface area contributed by atoms with Gasteiger partial charge in [0.2, 0.25) is 0 Å². The lowest BCUT2D eigenvalue weighted by atomic mass is 10.3. The standard InChI is InChI=1S/C6H5N6.2ClH/c7-11-9-5-1-2-6(4-3-5)10-12-8;;/h1-4,7H;2*1H/q+1;;/p-1. The highest BCUT2D eigenvalue weighted by Crippen LogP contribution is 2.12. The van der Waals surface area contributed by atoms with Gasteiger partial charge in [0.25, 0.3) is 10.8 Å². The zero-order valence-corrected chi connectivity index (χ0v) is 8.37. The molecular weight excluding hydrogens is 227 g/mol. The van der Waals surface area contributed by atoms with Gasteiger partial charge in [-0.3, -0.25) is 0 Å². The number of hydrogen-bond acceptors (Lipinski definition) is 4. The number of anilines is 2. The van der Waals surface area contributed by atoms with Crippen molar-refractivity contribution in [2.75, 3.05) is 10.9 Å². The lowest BCUT2D eigenvalue weighted by Crippen LogP contribution is -3.00. The Morgan fingerprint density at radius 3 is 1.29 bits per heavy atom. The van der Waals surface area contributed by atoms with Gasteiger partial charge in [-0.1, -0.05) is 0 Å². The molecule has 0 heterocycles. The molecule has 74 valence electrons. The number of nitrogens with zero attached hydrogens (tertiary/aromatic N) is 4. The second-order valence-electron chi connectivity index (χ2n) is 2.00.